The molecule has 0 aliphatic carbocycles. The number of hydrogen-bond donors (Lipinski definition) is 0. The van der Waals surface area contributed by atoms with E-state index in [4.69, 9.17) is 4.42 Å². The molecule has 0 spiro atoms. The molecule has 0 saturated carbocycles. The van der Waals surface area contributed by atoms with Gasteiger partial charge in [0.25, 0.3) is 0 Å². The lowest BCUT2D eigenvalue weighted by Gasteiger charge is -2.04. The fraction of sp³-hybridized carbons (Fsp3) is 0.0500. The summed E-state index contributed by atoms with van der Waals surface area (Å²) >= 11 is 0. The average molecular weight is 344 g/mol. The first-order valence-corrected chi connectivity index (χ1v) is 8.05. The van der Waals surface area contributed by atoms with Gasteiger partial charge in [0.05, 0.1) is 11.9 Å². The maximum absolute atomic E-state index is 11.2. The maximum atomic E-state index is 11.2. The molecular formula is C20H14N3O3-. The van der Waals surface area contributed by atoms with Crippen LogP contribution in [0.4, 0.5) is 0 Å². The number of rotatable bonds is 5. The van der Waals surface area contributed by atoms with Crippen LogP contribution in [0.2, 0.25) is 0 Å². The molecule has 2 heterocycles. The molecule has 2 aromatic heterocycles. The minimum atomic E-state index is -1.20. The molecule has 0 radical (unpaired) electrons. The molecule has 0 saturated heterocycles. The lowest BCUT2D eigenvalue weighted by Crippen LogP contribution is -2.22. The van der Waals surface area contributed by atoms with Gasteiger partial charge >= 0.3 is 0 Å². The van der Waals surface area contributed by atoms with Gasteiger partial charge in [-0.1, -0.05) is 30.3 Å². The highest BCUT2D eigenvalue weighted by Crippen LogP contribution is 2.25. The molecule has 128 valence electrons. The predicted molar refractivity (Wildman–Crippen MR) is 95.1 cm³/mol. The van der Waals surface area contributed by atoms with Crippen LogP contribution in [0.3, 0.4) is 0 Å². The molecule has 4 rings (SSSR count). The van der Waals surface area contributed by atoms with E-state index in [2.05, 4.69) is 10.1 Å². The molecule has 0 unspecified atom stereocenters. The first-order valence-electron chi connectivity index (χ1n) is 8.05. The van der Waals surface area contributed by atoms with E-state index in [-0.39, 0.29) is 12.3 Å². The Hall–Kier alpha value is -3.67. The van der Waals surface area contributed by atoms with Crippen LogP contribution >= 0.6 is 0 Å². The van der Waals surface area contributed by atoms with Gasteiger partial charge in [0.1, 0.15) is 5.52 Å². The average Bonchev–Trinajstić information content (AvgIpc) is 3.28. The van der Waals surface area contributed by atoms with Crippen molar-refractivity contribution < 1.29 is 14.3 Å². The van der Waals surface area contributed by atoms with Gasteiger partial charge in [0.2, 0.25) is 5.89 Å². The number of fused-ring (bicyclic) bond motifs is 1. The van der Waals surface area contributed by atoms with Crippen LogP contribution in [0.15, 0.2) is 71.4 Å². The largest absolute Gasteiger partial charge is 0.550 e. The van der Waals surface area contributed by atoms with Crippen LogP contribution < -0.4 is 5.11 Å². The second kappa shape index (κ2) is 6.68. The Morgan fingerprint density at radius 3 is 2.65 bits per heavy atom. The smallest absolute Gasteiger partial charge is 0.223 e. The Balaban J connectivity index is 1.72. The molecule has 6 nitrogen and oxygen atoms in total. The van der Waals surface area contributed by atoms with Gasteiger partial charge in [-0.2, -0.15) is 5.10 Å². The molecule has 0 aliphatic heterocycles. The number of carboxylic acid groups (broad SMARTS) is 1. The Bertz CT molecular complexity index is 1060. The summed E-state index contributed by atoms with van der Waals surface area (Å²) in [6, 6.07) is 16.9. The molecule has 0 fully saturated rings. The Kier molecular flexibility index (Phi) is 4.07. The SMILES string of the molecule is O=C([O-])C/C(=C\c1cnn(-c2ccccc2)c1)c1nc2ccccc2o1. The minimum absolute atomic E-state index is 0.267. The normalized spacial score (nSPS) is 11.8. The van der Waals surface area contributed by atoms with E-state index < -0.39 is 5.97 Å². The number of oxazole rings is 1. The highest BCUT2D eigenvalue weighted by atomic mass is 16.4. The van der Waals surface area contributed by atoms with Gasteiger partial charge in [-0.25, -0.2) is 9.67 Å². The first kappa shape index (κ1) is 15.8. The third kappa shape index (κ3) is 3.25. The summed E-state index contributed by atoms with van der Waals surface area (Å²) in [5, 5.41) is 15.5. The number of aromatic nitrogens is 3. The Morgan fingerprint density at radius 2 is 1.88 bits per heavy atom. The summed E-state index contributed by atoms with van der Waals surface area (Å²) in [6.45, 7) is 0. The van der Waals surface area contributed by atoms with E-state index in [0.717, 1.165) is 11.3 Å². The number of aliphatic carboxylic acids is 1. The van der Waals surface area contributed by atoms with Crippen LogP contribution in [-0.4, -0.2) is 20.7 Å². The highest BCUT2D eigenvalue weighted by molar-refractivity contribution is 5.90. The van der Waals surface area contributed by atoms with Crippen molar-refractivity contribution in [3.63, 3.8) is 0 Å². The van der Waals surface area contributed by atoms with Crippen molar-refractivity contribution in [3.05, 3.63) is 78.4 Å². The second-order valence-electron chi connectivity index (χ2n) is 5.76. The summed E-state index contributed by atoms with van der Waals surface area (Å²) in [5.41, 5.74) is 3.36. The number of nitrogens with zero attached hydrogens (tertiary/aromatic N) is 3. The van der Waals surface area contributed by atoms with Gasteiger partial charge < -0.3 is 14.3 Å². The maximum Gasteiger partial charge on any atom is 0.223 e. The van der Waals surface area contributed by atoms with Gasteiger partial charge in [-0.05, 0) is 30.3 Å². The standard InChI is InChI=1S/C20H15N3O3/c24-19(25)11-15(20-22-17-8-4-5-9-18(17)26-20)10-14-12-21-23(13-14)16-6-2-1-3-7-16/h1-10,12-13H,11H2,(H,24,25)/p-1/b15-10+. The molecular weight excluding hydrogens is 330 g/mol. The molecule has 0 N–H and O–H groups in total. The van der Waals surface area contributed by atoms with Crippen molar-refractivity contribution in [2.75, 3.05) is 0 Å². The van der Waals surface area contributed by atoms with Crippen LogP contribution in [-0.2, 0) is 4.79 Å². The number of carboxylic acids is 1. The number of hydrogen-bond acceptors (Lipinski definition) is 5. The van der Waals surface area contributed by atoms with Gasteiger partial charge in [-0.3, -0.25) is 0 Å². The lowest BCUT2D eigenvalue weighted by atomic mass is 10.1. The second-order valence-corrected chi connectivity index (χ2v) is 5.76. The van der Waals surface area contributed by atoms with Crippen molar-refractivity contribution in [2.24, 2.45) is 0 Å². The van der Waals surface area contributed by atoms with E-state index in [0.29, 0.717) is 16.7 Å². The molecule has 4 aromatic rings. The van der Waals surface area contributed by atoms with Crippen molar-refractivity contribution in [1.82, 2.24) is 14.8 Å². The van der Waals surface area contributed by atoms with E-state index >= 15 is 0 Å². The Labute approximate surface area is 149 Å². The first-order chi connectivity index (χ1) is 12.7. The van der Waals surface area contributed by atoms with Crippen molar-refractivity contribution >= 4 is 28.7 Å². The fourth-order valence-electron chi connectivity index (χ4n) is 2.69. The van der Waals surface area contributed by atoms with Crippen molar-refractivity contribution in [2.45, 2.75) is 6.42 Å². The summed E-state index contributed by atoms with van der Waals surface area (Å²) in [7, 11) is 0. The molecule has 0 bridgehead atoms. The molecule has 6 heteroatoms. The third-order valence-electron chi connectivity index (χ3n) is 3.87. The molecule has 0 atom stereocenters. The van der Waals surface area contributed by atoms with Crippen LogP contribution in [0, 0.1) is 0 Å². The number of para-hydroxylation sites is 3. The van der Waals surface area contributed by atoms with Gasteiger partial charge in [0, 0.05) is 29.7 Å². The van der Waals surface area contributed by atoms with Crippen molar-refractivity contribution in [3.8, 4) is 5.69 Å². The summed E-state index contributed by atoms with van der Waals surface area (Å²) in [4.78, 5) is 15.5. The zero-order valence-electron chi connectivity index (χ0n) is 13.7. The summed E-state index contributed by atoms with van der Waals surface area (Å²) in [6.07, 6.45) is 4.87. The van der Waals surface area contributed by atoms with E-state index in [1.54, 1.807) is 23.0 Å². The number of carbonyl (C=O) groups is 1. The Morgan fingerprint density at radius 1 is 1.12 bits per heavy atom. The molecule has 0 amide bonds. The topological polar surface area (TPSA) is 84.0 Å². The number of carbonyl (C=O) groups excluding carboxylic acids is 1. The monoisotopic (exact) mass is 344 g/mol. The third-order valence-corrected chi connectivity index (χ3v) is 3.87. The molecule has 26 heavy (non-hydrogen) atoms. The minimum Gasteiger partial charge on any atom is -0.550 e. The zero-order valence-corrected chi connectivity index (χ0v) is 13.7. The molecule has 0 aliphatic rings. The van der Waals surface area contributed by atoms with Crippen LogP contribution in [0.1, 0.15) is 17.9 Å². The summed E-state index contributed by atoms with van der Waals surface area (Å²) in [5.74, 6) is -0.934. The summed E-state index contributed by atoms with van der Waals surface area (Å²) < 4.78 is 7.41. The lowest BCUT2D eigenvalue weighted by molar-refractivity contribution is -0.304. The predicted octanol–water partition coefficient (Wildman–Crippen LogP) is 2.69. The van der Waals surface area contributed by atoms with Gasteiger partial charge in [0.15, 0.2) is 5.58 Å². The van der Waals surface area contributed by atoms with Crippen LogP contribution in [0.25, 0.3) is 28.4 Å². The number of benzene rings is 2. The quantitative estimate of drug-likeness (QED) is 0.556. The van der Waals surface area contributed by atoms with E-state index in [1.807, 2.05) is 54.7 Å². The fourth-order valence-corrected chi connectivity index (χ4v) is 2.69. The molecule has 2 aromatic carbocycles. The van der Waals surface area contributed by atoms with E-state index in [9.17, 15) is 9.90 Å². The van der Waals surface area contributed by atoms with Crippen LogP contribution in [0.5, 0.6) is 0 Å². The van der Waals surface area contributed by atoms with Gasteiger partial charge in [-0.15, -0.1) is 0 Å². The zero-order chi connectivity index (χ0) is 17.9. The van der Waals surface area contributed by atoms with E-state index in [1.165, 1.54) is 0 Å². The highest BCUT2D eigenvalue weighted by Gasteiger charge is 2.12. The van der Waals surface area contributed by atoms with Crippen molar-refractivity contribution in [1.29, 1.82) is 0 Å².